The maximum Gasteiger partial charge on any atom is 0.0216 e. The van der Waals surface area contributed by atoms with Gasteiger partial charge in [0.05, 0.1) is 0 Å². The SMILES string of the molecule is Cc1cscc1CNCC1CCCCC1N. The monoisotopic (exact) mass is 238 g/mol. The summed E-state index contributed by atoms with van der Waals surface area (Å²) >= 11 is 1.79. The first-order chi connectivity index (χ1) is 7.77. The molecule has 90 valence electrons. The number of hydrogen-bond acceptors (Lipinski definition) is 3. The van der Waals surface area contributed by atoms with Crippen LogP contribution in [0.4, 0.5) is 0 Å². The van der Waals surface area contributed by atoms with Gasteiger partial charge in [-0.25, -0.2) is 0 Å². The molecular formula is C13H22N2S. The lowest BCUT2D eigenvalue weighted by Crippen LogP contribution is -2.39. The lowest BCUT2D eigenvalue weighted by atomic mass is 9.85. The third kappa shape index (κ3) is 3.06. The first-order valence-electron chi connectivity index (χ1n) is 6.25. The van der Waals surface area contributed by atoms with Crippen LogP contribution in [0, 0.1) is 12.8 Å². The molecular weight excluding hydrogens is 216 g/mol. The van der Waals surface area contributed by atoms with Crippen LogP contribution in [-0.2, 0) is 6.54 Å². The molecule has 2 nitrogen and oxygen atoms in total. The standard InChI is InChI=1S/C13H22N2S/c1-10-8-16-9-12(10)7-15-6-11-4-2-3-5-13(11)14/h8-9,11,13,15H,2-7,14H2,1H3. The molecule has 0 saturated heterocycles. The van der Waals surface area contributed by atoms with E-state index in [1.54, 1.807) is 11.3 Å². The van der Waals surface area contributed by atoms with Gasteiger partial charge in [-0.1, -0.05) is 12.8 Å². The van der Waals surface area contributed by atoms with Gasteiger partial charge in [0.25, 0.3) is 0 Å². The van der Waals surface area contributed by atoms with Crippen molar-refractivity contribution < 1.29 is 0 Å². The molecule has 2 atom stereocenters. The molecule has 0 amide bonds. The normalized spacial score (nSPS) is 25.9. The van der Waals surface area contributed by atoms with Gasteiger partial charge in [-0.2, -0.15) is 11.3 Å². The van der Waals surface area contributed by atoms with Gasteiger partial charge < -0.3 is 11.1 Å². The average molecular weight is 238 g/mol. The van der Waals surface area contributed by atoms with E-state index in [2.05, 4.69) is 23.0 Å². The van der Waals surface area contributed by atoms with Gasteiger partial charge in [0, 0.05) is 12.6 Å². The number of nitrogens with two attached hydrogens (primary N) is 1. The molecule has 1 aromatic rings. The molecule has 1 fully saturated rings. The summed E-state index contributed by atoms with van der Waals surface area (Å²) in [6, 6.07) is 0.421. The smallest absolute Gasteiger partial charge is 0.0216 e. The molecule has 0 aliphatic heterocycles. The van der Waals surface area contributed by atoms with E-state index >= 15 is 0 Å². The van der Waals surface area contributed by atoms with Crippen molar-refractivity contribution in [1.82, 2.24) is 5.32 Å². The Morgan fingerprint density at radius 1 is 1.38 bits per heavy atom. The lowest BCUT2D eigenvalue weighted by molar-refractivity contribution is 0.296. The Hall–Kier alpha value is -0.380. The number of nitrogens with one attached hydrogen (secondary N) is 1. The Balaban J connectivity index is 1.73. The van der Waals surface area contributed by atoms with Gasteiger partial charge in [-0.05, 0) is 54.1 Å². The van der Waals surface area contributed by atoms with Crippen LogP contribution in [0.5, 0.6) is 0 Å². The van der Waals surface area contributed by atoms with Crippen molar-refractivity contribution in [2.75, 3.05) is 6.54 Å². The van der Waals surface area contributed by atoms with Crippen molar-refractivity contribution in [3.8, 4) is 0 Å². The Kier molecular flexibility index (Phi) is 4.38. The summed E-state index contributed by atoms with van der Waals surface area (Å²) in [6.45, 7) is 4.26. The molecule has 0 spiro atoms. The second-order valence-corrected chi connectivity index (χ2v) is 5.66. The van der Waals surface area contributed by atoms with Crippen LogP contribution in [0.25, 0.3) is 0 Å². The number of aryl methyl sites for hydroxylation is 1. The van der Waals surface area contributed by atoms with E-state index in [0.29, 0.717) is 12.0 Å². The second-order valence-electron chi connectivity index (χ2n) is 4.92. The van der Waals surface area contributed by atoms with Crippen molar-refractivity contribution >= 4 is 11.3 Å². The van der Waals surface area contributed by atoms with Crippen LogP contribution in [0.3, 0.4) is 0 Å². The minimum Gasteiger partial charge on any atom is -0.327 e. The zero-order chi connectivity index (χ0) is 11.4. The van der Waals surface area contributed by atoms with Gasteiger partial charge in [0.2, 0.25) is 0 Å². The molecule has 1 aromatic heterocycles. The molecule has 3 heteroatoms. The Bertz CT molecular complexity index is 321. The van der Waals surface area contributed by atoms with Crippen molar-refractivity contribution in [2.45, 2.75) is 45.2 Å². The van der Waals surface area contributed by atoms with E-state index in [4.69, 9.17) is 5.73 Å². The number of rotatable bonds is 4. The summed E-state index contributed by atoms with van der Waals surface area (Å²) in [5.41, 5.74) is 8.98. The fourth-order valence-corrected chi connectivity index (χ4v) is 3.31. The van der Waals surface area contributed by atoms with Gasteiger partial charge in [0.15, 0.2) is 0 Å². The maximum atomic E-state index is 6.13. The summed E-state index contributed by atoms with van der Waals surface area (Å²) in [5.74, 6) is 0.688. The van der Waals surface area contributed by atoms with Crippen LogP contribution in [0.15, 0.2) is 10.8 Å². The molecule has 2 unspecified atom stereocenters. The fourth-order valence-electron chi connectivity index (χ4n) is 2.45. The predicted octanol–water partition coefficient (Wildman–Crippen LogP) is 2.66. The fraction of sp³-hybridized carbons (Fsp3) is 0.692. The zero-order valence-corrected chi connectivity index (χ0v) is 10.9. The minimum absolute atomic E-state index is 0.421. The topological polar surface area (TPSA) is 38.0 Å². The zero-order valence-electron chi connectivity index (χ0n) is 10.0. The second kappa shape index (κ2) is 5.80. The summed E-state index contributed by atoms with van der Waals surface area (Å²) in [7, 11) is 0. The first kappa shape index (κ1) is 12.1. The summed E-state index contributed by atoms with van der Waals surface area (Å²) in [4.78, 5) is 0. The third-order valence-electron chi connectivity index (χ3n) is 3.65. The van der Waals surface area contributed by atoms with Crippen molar-refractivity contribution in [2.24, 2.45) is 11.7 Å². The maximum absolute atomic E-state index is 6.13. The van der Waals surface area contributed by atoms with Gasteiger partial charge in [0.1, 0.15) is 0 Å². The molecule has 1 saturated carbocycles. The predicted molar refractivity (Wildman–Crippen MR) is 70.7 cm³/mol. The molecule has 0 radical (unpaired) electrons. The number of thiophene rings is 1. The molecule has 16 heavy (non-hydrogen) atoms. The van der Waals surface area contributed by atoms with Crippen LogP contribution < -0.4 is 11.1 Å². The van der Waals surface area contributed by atoms with Crippen molar-refractivity contribution in [3.63, 3.8) is 0 Å². The Morgan fingerprint density at radius 3 is 2.88 bits per heavy atom. The highest BCUT2D eigenvalue weighted by atomic mass is 32.1. The minimum atomic E-state index is 0.421. The summed E-state index contributed by atoms with van der Waals surface area (Å²) < 4.78 is 0. The lowest BCUT2D eigenvalue weighted by Gasteiger charge is -2.28. The Labute approximate surface area is 102 Å². The first-order valence-corrected chi connectivity index (χ1v) is 7.19. The largest absolute Gasteiger partial charge is 0.327 e. The van der Waals surface area contributed by atoms with Crippen LogP contribution in [0.2, 0.25) is 0 Å². The summed E-state index contributed by atoms with van der Waals surface area (Å²) in [6.07, 6.45) is 5.19. The molecule has 1 aliphatic rings. The van der Waals surface area contributed by atoms with Crippen molar-refractivity contribution in [3.05, 3.63) is 21.9 Å². The van der Waals surface area contributed by atoms with Crippen LogP contribution in [-0.4, -0.2) is 12.6 Å². The molecule has 1 aliphatic carbocycles. The molecule has 0 bridgehead atoms. The van der Waals surface area contributed by atoms with Crippen molar-refractivity contribution in [1.29, 1.82) is 0 Å². The molecule has 3 N–H and O–H groups in total. The summed E-state index contributed by atoms with van der Waals surface area (Å²) in [5, 5.41) is 8.01. The van der Waals surface area contributed by atoms with E-state index in [1.807, 2.05) is 0 Å². The highest BCUT2D eigenvalue weighted by Crippen LogP contribution is 2.22. The average Bonchev–Trinajstić information content (AvgIpc) is 2.67. The van der Waals surface area contributed by atoms with E-state index in [0.717, 1.165) is 13.1 Å². The molecule has 0 aromatic carbocycles. The van der Waals surface area contributed by atoms with E-state index in [1.165, 1.54) is 36.8 Å². The highest BCUT2D eigenvalue weighted by Gasteiger charge is 2.20. The highest BCUT2D eigenvalue weighted by molar-refractivity contribution is 7.08. The van der Waals surface area contributed by atoms with E-state index < -0.39 is 0 Å². The van der Waals surface area contributed by atoms with Gasteiger partial charge in [-0.15, -0.1) is 0 Å². The van der Waals surface area contributed by atoms with Gasteiger partial charge in [-0.3, -0.25) is 0 Å². The molecule has 2 rings (SSSR count). The van der Waals surface area contributed by atoms with Crippen LogP contribution >= 0.6 is 11.3 Å². The Morgan fingerprint density at radius 2 is 2.19 bits per heavy atom. The van der Waals surface area contributed by atoms with E-state index in [-0.39, 0.29) is 0 Å². The quantitative estimate of drug-likeness (QED) is 0.846. The third-order valence-corrected chi connectivity index (χ3v) is 4.56. The number of hydrogen-bond donors (Lipinski definition) is 2. The van der Waals surface area contributed by atoms with E-state index in [9.17, 15) is 0 Å². The van der Waals surface area contributed by atoms with Crippen LogP contribution in [0.1, 0.15) is 36.8 Å². The van der Waals surface area contributed by atoms with Gasteiger partial charge >= 0.3 is 0 Å². The molecule has 1 heterocycles.